The van der Waals surface area contributed by atoms with Crippen LogP contribution in [0.1, 0.15) is 35.9 Å². The van der Waals surface area contributed by atoms with Gasteiger partial charge in [0.15, 0.2) is 0 Å². The molecule has 0 aliphatic heterocycles. The quantitative estimate of drug-likeness (QED) is 0.822. The second kappa shape index (κ2) is 7.25. The van der Waals surface area contributed by atoms with Gasteiger partial charge < -0.3 is 4.90 Å². The molecule has 0 saturated heterocycles. The first-order valence-electron chi connectivity index (χ1n) is 7.83. The van der Waals surface area contributed by atoms with Crippen LogP contribution in [0.5, 0.6) is 0 Å². The molecule has 4 nitrogen and oxygen atoms in total. The van der Waals surface area contributed by atoms with Crippen molar-refractivity contribution in [2.75, 3.05) is 7.05 Å². The van der Waals surface area contributed by atoms with Gasteiger partial charge in [-0.2, -0.15) is 5.10 Å². The Morgan fingerprint density at radius 1 is 1.23 bits per heavy atom. The maximum atomic E-state index is 12.3. The van der Waals surface area contributed by atoms with Gasteiger partial charge in [-0.05, 0) is 32.8 Å². The number of hydrogen-bond donors (Lipinski definition) is 0. The molecule has 118 valence electrons. The minimum Gasteiger partial charge on any atom is -0.341 e. The van der Waals surface area contributed by atoms with Crippen molar-refractivity contribution < 1.29 is 4.79 Å². The molecule has 0 atom stereocenters. The Morgan fingerprint density at radius 2 is 1.91 bits per heavy atom. The van der Waals surface area contributed by atoms with Crippen LogP contribution in [0.2, 0.25) is 0 Å². The zero-order valence-corrected chi connectivity index (χ0v) is 14.0. The molecule has 0 spiro atoms. The highest BCUT2D eigenvalue weighted by Gasteiger charge is 2.15. The molecule has 1 heterocycles. The number of benzene rings is 1. The summed E-state index contributed by atoms with van der Waals surface area (Å²) in [4.78, 5) is 14.1. The van der Waals surface area contributed by atoms with Crippen molar-refractivity contribution in [2.45, 2.75) is 46.7 Å². The number of carbonyl (C=O) groups excluding carboxylic acids is 1. The van der Waals surface area contributed by atoms with Crippen LogP contribution in [0.4, 0.5) is 0 Å². The summed E-state index contributed by atoms with van der Waals surface area (Å²) < 4.78 is 1.99. The summed E-state index contributed by atoms with van der Waals surface area (Å²) in [5.41, 5.74) is 4.54. The van der Waals surface area contributed by atoms with Gasteiger partial charge in [0.2, 0.25) is 5.91 Å². The van der Waals surface area contributed by atoms with Gasteiger partial charge >= 0.3 is 0 Å². The van der Waals surface area contributed by atoms with Gasteiger partial charge in [-0.25, -0.2) is 0 Å². The van der Waals surface area contributed by atoms with Crippen molar-refractivity contribution in [3.05, 3.63) is 52.8 Å². The molecule has 1 amide bonds. The van der Waals surface area contributed by atoms with Crippen LogP contribution in [0.15, 0.2) is 30.3 Å². The Bertz CT molecular complexity index is 631. The van der Waals surface area contributed by atoms with E-state index in [-0.39, 0.29) is 5.91 Å². The second-order valence-electron chi connectivity index (χ2n) is 5.70. The molecule has 0 aliphatic rings. The molecular formula is C18H25N3O. The van der Waals surface area contributed by atoms with Crippen LogP contribution in [-0.4, -0.2) is 27.6 Å². The Hall–Kier alpha value is -2.10. The number of aryl methyl sites for hydroxylation is 3. The van der Waals surface area contributed by atoms with Crippen LogP contribution < -0.4 is 0 Å². The topological polar surface area (TPSA) is 38.1 Å². The molecule has 0 aliphatic carbocycles. The third-order valence-corrected chi connectivity index (χ3v) is 4.12. The summed E-state index contributed by atoms with van der Waals surface area (Å²) in [7, 11) is 1.87. The third-order valence-electron chi connectivity index (χ3n) is 4.12. The van der Waals surface area contributed by atoms with Gasteiger partial charge in [-0.1, -0.05) is 30.3 Å². The van der Waals surface area contributed by atoms with Gasteiger partial charge in [0.05, 0.1) is 5.69 Å². The molecule has 0 saturated carbocycles. The van der Waals surface area contributed by atoms with Gasteiger partial charge in [-0.3, -0.25) is 9.48 Å². The van der Waals surface area contributed by atoms with Crippen LogP contribution in [0.25, 0.3) is 0 Å². The highest BCUT2D eigenvalue weighted by Crippen LogP contribution is 2.16. The minimum atomic E-state index is 0.173. The lowest BCUT2D eigenvalue weighted by atomic mass is 10.1. The van der Waals surface area contributed by atoms with Crippen molar-refractivity contribution in [2.24, 2.45) is 0 Å². The summed E-state index contributed by atoms with van der Waals surface area (Å²) in [5, 5.41) is 4.51. The van der Waals surface area contributed by atoms with Gasteiger partial charge in [0.25, 0.3) is 0 Å². The zero-order chi connectivity index (χ0) is 16.1. The maximum absolute atomic E-state index is 12.3. The fraction of sp³-hybridized carbons (Fsp3) is 0.444. The molecule has 22 heavy (non-hydrogen) atoms. The molecule has 0 radical (unpaired) electrons. The van der Waals surface area contributed by atoms with Gasteiger partial charge in [-0.15, -0.1) is 0 Å². The molecule has 2 rings (SSSR count). The van der Waals surface area contributed by atoms with E-state index in [0.717, 1.165) is 29.9 Å². The van der Waals surface area contributed by atoms with E-state index >= 15 is 0 Å². The Kier molecular flexibility index (Phi) is 5.36. The molecule has 1 aromatic heterocycles. The summed E-state index contributed by atoms with van der Waals surface area (Å²) in [6.45, 7) is 7.65. The number of rotatable bonds is 6. The average molecular weight is 299 g/mol. The minimum absolute atomic E-state index is 0.173. The lowest BCUT2D eigenvalue weighted by Crippen LogP contribution is -2.27. The van der Waals surface area contributed by atoms with E-state index in [1.54, 1.807) is 4.90 Å². The Labute approximate surface area is 132 Å². The fourth-order valence-electron chi connectivity index (χ4n) is 2.68. The Balaban J connectivity index is 1.95. The SMILES string of the molecule is CCn1nc(C)c(CN(C)C(=O)CCc2ccccc2)c1C. The number of amides is 1. The van der Waals surface area contributed by atoms with Crippen molar-refractivity contribution in [1.29, 1.82) is 0 Å². The molecule has 0 fully saturated rings. The summed E-state index contributed by atoms with van der Waals surface area (Å²) in [6, 6.07) is 10.1. The lowest BCUT2D eigenvalue weighted by Gasteiger charge is -2.17. The third kappa shape index (κ3) is 3.75. The molecular weight excluding hydrogens is 274 g/mol. The van der Waals surface area contributed by atoms with Crippen molar-refractivity contribution >= 4 is 5.91 Å². The monoisotopic (exact) mass is 299 g/mol. The molecule has 0 unspecified atom stereocenters. The number of carbonyl (C=O) groups is 1. The second-order valence-corrected chi connectivity index (χ2v) is 5.70. The first-order valence-corrected chi connectivity index (χ1v) is 7.83. The summed E-state index contributed by atoms with van der Waals surface area (Å²) >= 11 is 0. The van der Waals surface area contributed by atoms with Gasteiger partial charge in [0, 0.05) is 37.8 Å². The van der Waals surface area contributed by atoms with Crippen molar-refractivity contribution in [3.63, 3.8) is 0 Å². The first kappa shape index (κ1) is 16.3. The standard InChI is InChI=1S/C18H25N3O/c1-5-21-15(3)17(14(2)19-21)13-20(4)18(22)12-11-16-9-7-6-8-10-16/h6-10H,5,11-13H2,1-4H3. The number of hydrogen-bond acceptors (Lipinski definition) is 2. The summed E-state index contributed by atoms with van der Waals surface area (Å²) in [5.74, 6) is 0.173. The van der Waals surface area contributed by atoms with Crippen molar-refractivity contribution in [3.8, 4) is 0 Å². The largest absolute Gasteiger partial charge is 0.341 e. The Morgan fingerprint density at radius 3 is 2.50 bits per heavy atom. The molecule has 2 aromatic rings. The molecule has 0 N–H and O–H groups in total. The smallest absolute Gasteiger partial charge is 0.222 e. The summed E-state index contributed by atoms with van der Waals surface area (Å²) in [6.07, 6.45) is 1.33. The molecule has 4 heteroatoms. The van der Waals surface area contributed by atoms with E-state index in [4.69, 9.17) is 0 Å². The first-order chi connectivity index (χ1) is 10.5. The zero-order valence-electron chi connectivity index (χ0n) is 14.0. The van der Waals surface area contributed by atoms with Crippen LogP contribution in [0, 0.1) is 13.8 Å². The van der Waals surface area contributed by atoms with Crippen molar-refractivity contribution in [1.82, 2.24) is 14.7 Å². The van der Waals surface area contributed by atoms with E-state index in [1.807, 2.05) is 36.9 Å². The number of aromatic nitrogens is 2. The molecule has 0 bridgehead atoms. The van der Waals surface area contributed by atoms with E-state index < -0.39 is 0 Å². The average Bonchev–Trinajstić information content (AvgIpc) is 2.80. The highest BCUT2D eigenvalue weighted by atomic mass is 16.2. The van der Waals surface area contributed by atoms with E-state index in [1.165, 1.54) is 5.56 Å². The van der Waals surface area contributed by atoms with E-state index in [2.05, 4.69) is 31.1 Å². The van der Waals surface area contributed by atoms with E-state index in [9.17, 15) is 4.79 Å². The maximum Gasteiger partial charge on any atom is 0.222 e. The fourth-order valence-corrected chi connectivity index (χ4v) is 2.68. The highest BCUT2D eigenvalue weighted by molar-refractivity contribution is 5.76. The lowest BCUT2D eigenvalue weighted by molar-refractivity contribution is -0.130. The normalized spacial score (nSPS) is 10.7. The number of nitrogens with zero attached hydrogens (tertiary/aromatic N) is 3. The molecule has 1 aromatic carbocycles. The van der Waals surface area contributed by atoms with E-state index in [0.29, 0.717) is 13.0 Å². The van der Waals surface area contributed by atoms with Crippen LogP contribution in [-0.2, 0) is 24.3 Å². The van der Waals surface area contributed by atoms with Crippen LogP contribution in [0.3, 0.4) is 0 Å². The van der Waals surface area contributed by atoms with Crippen LogP contribution >= 0.6 is 0 Å². The predicted octanol–water partition coefficient (Wildman–Crippen LogP) is 3.11. The predicted molar refractivity (Wildman–Crippen MR) is 88.6 cm³/mol. The van der Waals surface area contributed by atoms with Gasteiger partial charge in [0.1, 0.15) is 0 Å².